The van der Waals surface area contributed by atoms with E-state index >= 15 is 0 Å². The minimum absolute atomic E-state index is 0.0420. The van der Waals surface area contributed by atoms with E-state index in [4.69, 9.17) is 28.0 Å². The molecule has 1 aromatic heterocycles. The van der Waals surface area contributed by atoms with E-state index in [-0.39, 0.29) is 31.5 Å². The molecule has 298 valence electrons. The van der Waals surface area contributed by atoms with Gasteiger partial charge in [0.2, 0.25) is 0 Å². The normalized spacial score (nSPS) is 18.2. The van der Waals surface area contributed by atoms with Crippen molar-refractivity contribution >= 4 is 8.53 Å². The van der Waals surface area contributed by atoms with Gasteiger partial charge in [-0.25, -0.2) is 9.46 Å². The topological polar surface area (TPSA) is 137 Å². The first kappa shape index (κ1) is 42.5. The number of nitrogens with zero attached hydrogens (tertiary/aromatic N) is 3. The molecule has 1 N–H and O–H groups in total. The van der Waals surface area contributed by atoms with Gasteiger partial charge < -0.3 is 28.0 Å². The van der Waals surface area contributed by atoms with Crippen LogP contribution in [0.4, 0.5) is 0 Å². The fourth-order valence-corrected chi connectivity index (χ4v) is 8.89. The molecule has 0 saturated carbocycles. The molecule has 1 fully saturated rings. The van der Waals surface area contributed by atoms with E-state index in [0.29, 0.717) is 23.5 Å². The Balaban J connectivity index is 1.70. The van der Waals surface area contributed by atoms with Gasteiger partial charge in [-0.2, -0.15) is 5.26 Å². The highest BCUT2D eigenvalue weighted by atomic mass is 31.2. The molecule has 4 aromatic rings. The molecule has 1 aliphatic heterocycles. The monoisotopic (exact) mass is 784 g/mol. The van der Waals surface area contributed by atoms with Crippen molar-refractivity contribution in [3.63, 3.8) is 0 Å². The van der Waals surface area contributed by atoms with Gasteiger partial charge in [0.1, 0.15) is 29.4 Å². The van der Waals surface area contributed by atoms with Crippen LogP contribution < -0.4 is 20.7 Å². The third kappa shape index (κ3) is 9.49. The van der Waals surface area contributed by atoms with Crippen molar-refractivity contribution in [3.05, 3.63) is 141 Å². The number of aromatic amines is 1. The summed E-state index contributed by atoms with van der Waals surface area (Å²) in [6, 6.07) is 27.8. The number of hydrogen-bond acceptors (Lipinski definition) is 10. The van der Waals surface area contributed by atoms with E-state index in [2.05, 4.69) is 50.0 Å². The molecule has 0 aliphatic carbocycles. The van der Waals surface area contributed by atoms with Crippen molar-refractivity contribution in [1.82, 2.24) is 14.2 Å². The molecule has 0 bridgehead atoms. The Bertz CT molecular complexity index is 1970. The number of methoxy groups -OCH3 is 2. The van der Waals surface area contributed by atoms with Gasteiger partial charge in [-0.15, -0.1) is 6.58 Å². The molecule has 5 atom stereocenters. The second-order valence-electron chi connectivity index (χ2n) is 14.1. The molecule has 0 amide bonds. The van der Waals surface area contributed by atoms with E-state index in [1.165, 1.54) is 10.8 Å². The highest BCUT2D eigenvalue weighted by Crippen LogP contribution is 2.52. The summed E-state index contributed by atoms with van der Waals surface area (Å²) in [5.74, 6) is 1.38. The number of H-pyrrole nitrogens is 1. The number of aryl methyl sites for hydroxylation is 1. The first-order valence-corrected chi connectivity index (χ1v) is 20.0. The van der Waals surface area contributed by atoms with Crippen molar-refractivity contribution in [2.24, 2.45) is 0 Å². The Morgan fingerprint density at radius 1 is 0.964 bits per heavy atom. The summed E-state index contributed by atoms with van der Waals surface area (Å²) in [5.41, 5.74) is 0.611. The van der Waals surface area contributed by atoms with Crippen LogP contribution in [-0.4, -0.2) is 65.4 Å². The number of benzene rings is 3. The Hall–Kier alpha value is -4.60. The minimum atomic E-state index is -1.72. The molecule has 5 rings (SSSR count). The fourth-order valence-electron chi connectivity index (χ4n) is 7.15. The zero-order valence-electron chi connectivity index (χ0n) is 33.2. The van der Waals surface area contributed by atoms with Crippen molar-refractivity contribution < 1.29 is 28.0 Å². The third-order valence-electron chi connectivity index (χ3n) is 9.73. The van der Waals surface area contributed by atoms with Gasteiger partial charge in [0.15, 0.2) is 0 Å². The standard InChI is InChI=1S/C43H53N4O8P/c1-9-14-37(54-43(32-15-11-10-12-16-32,33-17-21-35(50-7)22-18-33)34-19-23-36(51-8)24-20-34)40-38(27-39(53-40)46-28-31(6)41(48)45-42(46)49)55-56(52-26-13-25-44)47(29(2)3)30(4)5/h9-12,15-24,28-30,37-40H,1,13-14,26-27H2,2-8H3,(H,45,48,49)/t37-,38-,39+,40+,56?/m0/s1. The van der Waals surface area contributed by atoms with Crippen LogP contribution in [0.1, 0.15) is 75.4 Å². The van der Waals surface area contributed by atoms with Gasteiger partial charge >= 0.3 is 5.69 Å². The lowest BCUT2D eigenvalue weighted by Gasteiger charge is -2.42. The van der Waals surface area contributed by atoms with Crippen LogP contribution in [0.3, 0.4) is 0 Å². The molecular formula is C43H53N4O8P. The molecule has 1 aliphatic rings. The second kappa shape index (κ2) is 19.5. The lowest BCUT2D eigenvalue weighted by atomic mass is 9.79. The van der Waals surface area contributed by atoms with Crippen LogP contribution in [0, 0.1) is 18.3 Å². The van der Waals surface area contributed by atoms with Crippen LogP contribution in [-0.2, 0) is 24.1 Å². The molecule has 0 spiro atoms. The molecule has 1 saturated heterocycles. The summed E-state index contributed by atoms with van der Waals surface area (Å²) in [4.78, 5) is 28.2. The van der Waals surface area contributed by atoms with Crippen LogP contribution in [0.25, 0.3) is 0 Å². The molecule has 56 heavy (non-hydrogen) atoms. The Morgan fingerprint density at radius 3 is 2.05 bits per heavy atom. The summed E-state index contributed by atoms with van der Waals surface area (Å²) < 4.78 is 42.5. The zero-order valence-corrected chi connectivity index (χ0v) is 34.1. The number of hydrogen-bond donors (Lipinski definition) is 1. The Morgan fingerprint density at radius 2 is 1.54 bits per heavy atom. The first-order valence-electron chi connectivity index (χ1n) is 18.8. The lowest BCUT2D eigenvalue weighted by Crippen LogP contribution is -2.45. The SMILES string of the molecule is C=CC[C@H](OC(c1ccccc1)(c1ccc(OC)cc1)c1ccc(OC)cc1)[C@H]1O[C@@H](n2cc(C)c(=O)[nH]c2=O)C[C@@H]1OP(OCCC#N)N(C(C)C)C(C)C. The van der Waals surface area contributed by atoms with E-state index in [1.54, 1.807) is 27.2 Å². The average molecular weight is 785 g/mol. The third-order valence-corrected chi connectivity index (χ3v) is 11.9. The summed E-state index contributed by atoms with van der Waals surface area (Å²) in [6.07, 6.45) is 1.08. The van der Waals surface area contributed by atoms with Crippen molar-refractivity contribution in [1.29, 1.82) is 5.26 Å². The number of ether oxygens (including phenoxy) is 4. The maximum Gasteiger partial charge on any atom is 0.330 e. The van der Waals surface area contributed by atoms with E-state index < -0.39 is 49.9 Å². The van der Waals surface area contributed by atoms with Gasteiger partial charge in [0.05, 0.1) is 45.5 Å². The second-order valence-corrected chi connectivity index (χ2v) is 15.6. The summed E-state index contributed by atoms with van der Waals surface area (Å²) >= 11 is 0. The van der Waals surface area contributed by atoms with Crippen molar-refractivity contribution in [3.8, 4) is 17.6 Å². The molecule has 0 radical (unpaired) electrons. The summed E-state index contributed by atoms with van der Waals surface area (Å²) in [7, 11) is 1.53. The van der Waals surface area contributed by atoms with Gasteiger partial charge in [-0.05, 0) is 82.0 Å². The lowest BCUT2D eigenvalue weighted by molar-refractivity contribution is -0.141. The molecule has 2 heterocycles. The number of aromatic nitrogens is 2. The predicted molar refractivity (Wildman–Crippen MR) is 217 cm³/mol. The Kier molecular flexibility index (Phi) is 14.8. The van der Waals surface area contributed by atoms with Gasteiger partial charge in [0, 0.05) is 30.3 Å². The molecule has 3 aromatic carbocycles. The van der Waals surface area contributed by atoms with Crippen molar-refractivity contribution in [2.75, 3.05) is 20.8 Å². The van der Waals surface area contributed by atoms with Crippen LogP contribution >= 0.6 is 8.53 Å². The molecule has 13 heteroatoms. The van der Waals surface area contributed by atoms with E-state index in [9.17, 15) is 14.9 Å². The minimum Gasteiger partial charge on any atom is -0.497 e. The summed E-state index contributed by atoms with van der Waals surface area (Å²) in [6.45, 7) is 14.2. The van der Waals surface area contributed by atoms with E-state index in [1.807, 2.05) is 78.9 Å². The average Bonchev–Trinajstić information content (AvgIpc) is 3.61. The first-order chi connectivity index (χ1) is 27.0. The number of rotatable bonds is 19. The van der Waals surface area contributed by atoms with Crippen LogP contribution in [0.2, 0.25) is 0 Å². The van der Waals surface area contributed by atoms with Crippen LogP contribution in [0.5, 0.6) is 11.5 Å². The maximum atomic E-state index is 13.3. The quantitative estimate of drug-likeness (QED) is 0.0435. The van der Waals surface area contributed by atoms with Crippen molar-refractivity contribution in [2.45, 2.75) is 96.1 Å². The molecule has 1 unspecified atom stereocenters. The molecular weight excluding hydrogens is 731 g/mol. The number of nitriles is 1. The largest absolute Gasteiger partial charge is 0.497 e. The number of nitrogens with one attached hydrogen (secondary N) is 1. The summed E-state index contributed by atoms with van der Waals surface area (Å²) in [5, 5.41) is 9.38. The molecule has 12 nitrogen and oxygen atoms in total. The highest BCUT2D eigenvalue weighted by Gasteiger charge is 2.49. The smallest absolute Gasteiger partial charge is 0.330 e. The van der Waals surface area contributed by atoms with E-state index in [0.717, 1.165) is 16.7 Å². The van der Waals surface area contributed by atoms with Gasteiger partial charge in [0.25, 0.3) is 14.1 Å². The van der Waals surface area contributed by atoms with Crippen LogP contribution in [0.15, 0.2) is 107 Å². The zero-order chi connectivity index (χ0) is 40.4. The highest BCUT2D eigenvalue weighted by molar-refractivity contribution is 7.44. The van der Waals surface area contributed by atoms with Gasteiger partial charge in [-0.1, -0.05) is 60.7 Å². The fraction of sp³-hybridized carbons (Fsp3) is 0.419. The van der Waals surface area contributed by atoms with Gasteiger partial charge in [-0.3, -0.25) is 14.3 Å². The maximum absolute atomic E-state index is 13.3. The predicted octanol–water partition coefficient (Wildman–Crippen LogP) is 7.76. The Labute approximate surface area is 330 Å².